The molecule has 2 aromatic carbocycles. The molecule has 0 unspecified atom stereocenters. The van der Waals surface area contributed by atoms with Crippen LogP contribution in [0, 0.1) is 77.8 Å². The van der Waals surface area contributed by atoms with Crippen LogP contribution in [0.5, 0.6) is 0 Å². The van der Waals surface area contributed by atoms with Crippen molar-refractivity contribution >= 4 is 0 Å². The van der Waals surface area contributed by atoms with Crippen LogP contribution in [-0.4, -0.2) is 30.0 Å². The summed E-state index contributed by atoms with van der Waals surface area (Å²) in [6.07, 6.45) is 16.1. The second-order valence-electron chi connectivity index (χ2n) is 15.8. The minimum Gasteiger partial charge on any atom is -0.238 e. The molecule has 2 aromatic heterocycles. The summed E-state index contributed by atoms with van der Waals surface area (Å²) in [6, 6.07) is 17.9. The number of aromatic nitrogens is 6. The summed E-state index contributed by atoms with van der Waals surface area (Å²) in [4.78, 5) is 0. The lowest BCUT2D eigenvalue weighted by Crippen LogP contribution is -2.52. The fourth-order valence-corrected chi connectivity index (χ4v) is 12.5. The molecule has 0 radical (unpaired) electrons. The molecule has 0 amide bonds. The van der Waals surface area contributed by atoms with E-state index in [1.165, 1.54) is 98.2 Å². The van der Waals surface area contributed by atoms with Gasteiger partial charge in [0.2, 0.25) is 0 Å². The SMILES string of the molecule is c1ccc2c(c1)=c1nnn(C34CC5CC(CC(C5)C3)C4)c1=c1ccccc1=c1c=2nnn1C12CC3CC(CC(C3)C1)C2. The fraction of sp³-hybridized carbons (Fsp3) is 0.556. The van der Waals surface area contributed by atoms with Gasteiger partial charge in [0.05, 0.1) is 21.8 Å². The van der Waals surface area contributed by atoms with E-state index < -0.39 is 0 Å². The summed E-state index contributed by atoms with van der Waals surface area (Å²) in [5.41, 5.74) is 0.190. The molecule has 9 aliphatic carbocycles. The zero-order valence-electron chi connectivity index (χ0n) is 24.3. The molecular formula is C36H38N6. The van der Waals surface area contributed by atoms with E-state index in [4.69, 9.17) is 20.6 Å². The van der Waals surface area contributed by atoms with Gasteiger partial charge in [-0.3, -0.25) is 0 Å². The Balaban J connectivity index is 1.33. The predicted molar refractivity (Wildman–Crippen MR) is 156 cm³/mol. The Hall–Kier alpha value is -3.28. The Morgan fingerprint density at radius 3 is 1.10 bits per heavy atom. The lowest BCUT2D eigenvalue weighted by atomic mass is 9.53. The van der Waals surface area contributed by atoms with Gasteiger partial charge in [0.15, 0.2) is 0 Å². The Kier molecular flexibility index (Phi) is 4.31. The van der Waals surface area contributed by atoms with E-state index in [1.807, 2.05) is 0 Å². The van der Waals surface area contributed by atoms with Crippen LogP contribution >= 0.6 is 0 Å². The molecule has 6 heteroatoms. The van der Waals surface area contributed by atoms with Gasteiger partial charge in [0, 0.05) is 20.9 Å². The lowest BCUT2D eigenvalue weighted by Gasteiger charge is -2.56. The Morgan fingerprint density at radius 1 is 0.452 bits per heavy atom. The Morgan fingerprint density at radius 2 is 0.762 bits per heavy atom. The van der Waals surface area contributed by atoms with Crippen molar-refractivity contribution in [3.63, 3.8) is 0 Å². The van der Waals surface area contributed by atoms with Crippen LogP contribution < -0.4 is 0 Å². The summed E-state index contributed by atoms with van der Waals surface area (Å²) in [5.74, 6) is 5.09. The molecule has 13 rings (SSSR count). The highest BCUT2D eigenvalue weighted by Crippen LogP contribution is 2.60. The van der Waals surface area contributed by atoms with Crippen LogP contribution in [0.25, 0.3) is 0 Å². The molecule has 0 saturated heterocycles. The van der Waals surface area contributed by atoms with E-state index in [0.29, 0.717) is 0 Å². The van der Waals surface area contributed by atoms with Crippen LogP contribution in [0.4, 0.5) is 0 Å². The van der Waals surface area contributed by atoms with Gasteiger partial charge in [-0.2, -0.15) is 0 Å². The van der Waals surface area contributed by atoms with Crippen molar-refractivity contribution in [2.24, 2.45) is 35.5 Å². The molecule has 8 fully saturated rings. The molecule has 0 aliphatic heterocycles. The maximum atomic E-state index is 5.12. The number of fused-ring (bicyclic) bond motifs is 4. The third-order valence-corrected chi connectivity index (χ3v) is 13.1. The number of rotatable bonds is 2. The maximum Gasteiger partial charge on any atom is 0.121 e. The molecule has 8 saturated carbocycles. The van der Waals surface area contributed by atoms with Gasteiger partial charge >= 0.3 is 0 Å². The van der Waals surface area contributed by atoms with Crippen molar-refractivity contribution in [3.05, 3.63) is 90.8 Å². The van der Waals surface area contributed by atoms with E-state index >= 15 is 0 Å². The van der Waals surface area contributed by atoms with E-state index in [1.54, 1.807) is 0 Å². The number of benzene rings is 2. The van der Waals surface area contributed by atoms with E-state index in [9.17, 15) is 0 Å². The Bertz CT molecular complexity index is 1970. The standard InChI is InChI=1S/C36H38N6/c1-2-6-28-27(5-1)31-33(41(39-37-31)35-15-21-9-22(16-35)11-23(10-21)17-35)29-7-3-4-8-30(29)34-32(28)38-40-42(34)36-18-24-12-25(19-36)14-26(13-24)20-36/h1-8,21-26H,9-20H2. The quantitative estimate of drug-likeness (QED) is 0.261. The fourth-order valence-electron chi connectivity index (χ4n) is 12.5. The molecule has 9 aliphatic rings. The smallest absolute Gasteiger partial charge is 0.121 e. The van der Waals surface area contributed by atoms with Crippen molar-refractivity contribution in [2.75, 3.05) is 0 Å². The van der Waals surface area contributed by atoms with Crippen molar-refractivity contribution in [3.8, 4) is 0 Å². The van der Waals surface area contributed by atoms with Crippen LogP contribution in [0.1, 0.15) is 77.0 Å². The predicted octanol–water partition coefficient (Wildman–Crippen LogP) is 6.18. The molecule has 42 heavy (non-hydrogen) atoms. The monoisotopic (exact) mass is 554 g/mol. The zero-order chi connectivity index (χ0) is 27.2. The third-order valence-electron chi connectivity index (χ3n) is 13.1. The van der Waals surface area contributed by atoms with Gasteiger partial charge in [-0.05, 0) is 113 Å². The molecule has 2 heterocycles. The molecule has 212 valence electrons. The zero-order valence-corrected chi connectivity index (χ0v) is 24.3. The summed E-state index contributed by atoms with van der Waals surface area (Å²) in [6.45, 7) is 0. The molecule has 0 atom stereocenters. The first-order chi connectivity index (χ1) is 20.6. The Labute approximate surface area is 244 Å². The second kappa shape index (κ2) is 7.81. The van der Waals surface area contributed by atoms with Crippen LogP contribution in [-0.2, 0) is 11.1 Å². The van der Waals surface area contributed by atoms with Crippen molar-refractivity contribution in [1.29, 1.82) is 0 Å². The summed E-state index contributed by atoms with van der Waals surface area (Å²) < 4.78 is 4.90. The molecule has 0 spiro atoms. The molecular weight excluding hydrogens is 516 g/mol. The summed E-state index contributed by atoms with van der Waals surface area (Å²) in [7, 11) is 0. The van der Waals surface area contributed by atoms with Gasteiger partial charge < -0.3 is 0 Å². The number of hydrogen-bond acceptors (Lipinski definition) is 4. The lowest BCUT2D eigenvalue weighted by molar-refractivity contribution is -0.0517. The average molecular weight is 555 g/mol. The van der Waals surface area contributed by atoms with Crippen LogP contribution in [0.3, 0.4) is 0 Å². The molecule has 6 nitrogen and oxygen atoms in total. The van der Waals surface area contributed by atoms with Gasteiger partial charge in [-0.15, -0.1) is 10.2 Å². The topological polar surface area (TPSA) is 61.4 Å². The van der Waals surface area contributed by atoms with Gasteiger partial charge in [-0.25, -0.2) is 9.36 Å². The number of nitrogens with zero attached hydrogens (tertiary/aromatic N) is 6. The van der Waals surface area contributed by atoms with E-state index in [0.717, 1.165) is 56.6 Å². The van der Waals surface area contributed by atoms with Crippen molar-refractivity contribution < 1.29 is 0 Å². The van der Waals surface area contributed by atoms with Crippen molar-refractivity contribution in [2.45, 2.75) is 88.1 Å². The number of hydrogen-bond donors (Lipinski definition) is 0. The summed E-state index contributed by atoms with van der Waals surface area (Å²) in [5, 5.41) is 29.6. The van der Waals surface area contributed by atoms with E-state index in [-0.39, 0.29) is 11.1 Å². The van der Waals surface area contributed by atoms with Crippen LogP contribution in [0.15, 0.2) is 48.5 Å². The second-order valence-corrected chi connectivity index (χ2v) is 15.8. The molecule has 0 N–H and O–H groups in total. The highest BCUT2D eigenvalue weighted by atomic mass is 15.5. The molecule has 8 bridgehead atoms. The minimum absolute atomic E-state index is 0.0951. The third kappa shape index (κ3) is 2.92. The normalized spacial score (nSPS) is 38.0. The largest absolute Gasteiger partial charge is 0.238 e. The first-order valence-electron chi connectivity index (χ1n) is 16.8. The molecule has 4 aromatic rings. The van der Waals surface area contributed by atoms with Crippen LogP contribution in [0.2, 0.25) is 0 Å². The van der Waals surface area contributed by atoms with Gasteiger partial charge in [0.25, 0.3) is 0 Å². The first kappa shape index (κ1) is 23.2. The van der Waals surface area contributed by atoms with Crippen molar-refractivity contribution in [1.82, 2.24) is 30.0 Å². The first-order valence-corrected chi connectivity index (χ1v) is 16.8. The average Bonchev–Trinajstić information content (AvgIpc) is 3.61. The van der Waals surface area contributed by atoms with E-state index in [2.05, 4.69) is 57.9 Å². The summed E-state index contributed by atoms with van der Waals surface area (Å²) >= 11 is 0. The minimum atomic E-state index is 0.0951. The van der Waals surface area contributed by atoms with Gasteiger partial charge in [0.1, 0.15) is 10.7 Å². The highest BCUT2D eigenvalue weighted by Gasteiger charge is 2.54. The van der Waals surface area contributed by atoms with Gasteiger partial charge in [-0.1, -0.05) is 59.0 Å². The highest BCUT2D eigenvalue weighted by molar-refractivity contribution is 5.24. The maximum absolute atomic E-state index is 5.12.